The van der Waals surface area contributed by atoms with Crippen LogP contribution in [0.3, 0.4) is 0 Å². The highest BCUT2D eigenvalue weighted by atomic mass is 32.2. The normalized spacial score (nSPS) is 26.4. The maximum absolute atomic E-state index is 11.2. The molecule has 1 fully saturated rings. The molecule has 0 aromatic rings. The summed E-state index contributed by atoms with van der Waals surface area (Å²) in [5, 5.41) is 3.74. The van der Waals surface area contributed by atoms with Crippen LogP contribution in [0.2, 0.25) is 0 Å². The lowest BCUT2D eigenvalue weighted by Gasteiger charge is -2.44. The molecule has 0 amide bonds. The Hall–Kier alpha value is -0.130. The predicted molar refractivity (Wildman–Crippen MR) is 80.7 cm³/mol. The SMILES string of the molecule is CC(C)(C)C(C)(C)NC1CCC(NS(C)(=O)=O)CC1. The molecule has 0 bridgehead atoms. The summed E-state index contributed by atoms with van der Waals surface area (Å²) in [4.78, 5) is 0. The van der Waals surface area contributed by atoms with E-state index in [4.69, 9.17) is 0 Å². The van der Waals surface area contributed by atoms with Gasteiger partial charge in [0.05, 0.1) is 6.26 Å². The fraction of sp³-hybridized carbons (Fsp3) is 1.00. The topological polar surface area (TPSA) is 58.2 Å². The molecule has 1 rings (SSSR count). The largest absolute Gasteiger partial charge is 0.309 e. The molecule has 0 aliphatic heterocycles. The van der Waals surface area contributed by atoms with Gasteiger partial charge < -0.3 is 5.32 Å². The average molecular weight is 290 g/mol. The second kappa shape index (κ2) is 5.70. The first-order valence-electron chi connectivity index (χ1n) is 7.16. The molecule has 0 aromatic carbocycles. The highest BCUT2D eigenvalue weighted by Crippen LogP contribution is 2.31. The van der Waals surface area contributed by atoms with Crippen molar-refractivity contribution >= 4 is 10.0 Å². The molecule has 19 heavy (non-hydrogen) atoms. The van der Waals surface area contributed by atoms with Gasteiger partial charge in [0.25, 0.3) is 0 Å². The van der Waals surface area contributed by atoms with Crippen molar-refractivity contribution in [2.45, 2.75) is 77.9 Å². The second-order valence-electron chi connectivity index (χ2n) is 7.46. The van der Waals surface area contributed by atoms with Gasteiger partial charge in [0.15, 0.2) is 0 Å². The van der Waals surface area contributed by atoms with Crippen molar-refractivity contribution in [3.63, 3.8) is 0 Å². The van der Waals surface area contributed by atoms with Crippen molar-refractivity contribution in [1.29, 1.82) is 0 Å². The molecule has 5 heteroatoms. The Labute approximate surface area is 118 Å². The first-order valence-corrected chi connectivity index (χ1v) is 9.05. The van der Waals surface area contributed by atoms with Gasteiger partial charge in [-0.2, -0.15) is 0 Å². The van der Waals surface area contributed by atoms with E-state index in [9.17, 15) is 8.42 Å². The highest BCUT2D eigenvalue weighted by molar-refractivity contribution is 7.88. The zero-order valence-corrected chi connectivity index (χ0v) is 14.0. The summed E-state index contributed by atoms with van der Waals surface area (Å²) >= 11 is 0. The molecule has 0 spiro atoms. The second-order valence-corrected chi connectivity index (χ2v) is 9.24. The summed E-state index contributed by atoms with van der Waals surface area (Å²) in [7, 11) is -3.07. The molecule has 4 nitrogen and oxygen atoms in total. The Bertz CT molecular complexity index is 388. The van der Waals surface area contributed by atoms with E-state index in [1.165, 1.54) is 6.26 Å². The Morgan fingerprint density at radius 2 is 1.32 bits per heavy atom. The van der Waals surface area contributed by atoms with E-state index in [0.29, 0.717) is 6.04 Å². The number of nitrogens with one attached hydrogen (secondary N) is 2. The quantitative estimate of drug-likeness (QED) is 0.835. The van der Waals surface area contributed by atoms with Gasteiger partial charge in [-0.1, -0.05) is 20.8 Å². The van der Waals surface area contributed by atoms with Crippen LogP contribution in [0, 0.1) is 5.41 Å². The number of hydrogen-bond acceptors (Lipinski definition) is 3. The van der Waals surface area contributed by atoms with Crippen LogP contribution in [0.25, 0.3) is 0 Å². The van der Waals surface area contributed by atoms with Gasteiger partial charge in [0, 0.05) is 17.6 Å². The zero-order valence-electron chi connectivity index (χ0n) is 13.2. The van der Waals surface area contributed by atoms with Crippen LogP contribution < -0.4 is 10.0 Å². The molecule has 114 valence electrons. The highest BCUT2D eigenvalue weighted by Gasteiger charge is 2.35. The van der Waals surface area contributed by atoms with Gasteiger partial charge in [-0.15, -0.1) is 0 Å². The lowest BCUT2D eigenvalue weighted by atomic mass is 9.75. The molecule has 1 aliphatic rings. The van der Waals surface area contributed by atoms with Crippen LogP contribution in [-0.2, 0) is 10.0 Å². The molecule has 0 aromatic heterocycles. The standard InChI is InChI=1S/C14H30N2O2S/c1-13(2,3)14(4,5)15-11-7-9-12(10-8-11)16-19(6,17)18/h11-12,15-16H,7-10H2,1-6H3. The van der Waals surface area contributed by atoms with E-state index >= 15 is 0 Å². The van der Waals surface area contributed by atoms with Crippen LogP contribution in [0.5, 0.6) is 0 Å². The van der Waals surface area contributed by atoms with E-state index in [0.717, 1.165) is 25.7 Å². The van der Waals surface area contributed by atoms with E-state index in [1.807, 2.05) is 0 Å². The summed E-state index contributed by atoms with van der Waals surface area (Å²) in [6.45, 7) is 11.2. The first kappa shape index (κ1) is 16.9. The van der Waals surface area contributed by atoms with Crippen molar-refractivity contribution in [1.82, 2.24) is 10.0 Å². The third kappa shape index (κ3) is 5.40. The number of sulfonamides is 1. The van der Waals surface area contributed by atoms with Gasteiger partial charge in [0.1, 0.15) is 0 Å². The monoisotopic (exact) mass is 290 g/mol. The molecule has 2 N–H and O–H groups in total. The van der Waals surface area contributed by atoms with E-state index in [2.05, 4.69) is 44.7 Å². The summed E-state index contributed by atoms with van der Waals surface area (Å²) in [6.07, 6.45) is 5.15. The maximum atomic E-state index is 11.2. The lowest BCUT2D eigenvalue weighted by Crippen LogP contribution is -2.55. The number of hydrogen-bond donors (Lipinski definition) is 2. The zero-order chi connectivity index (χ0) is 14.9. The van der Waals surface area contributed by atoms with Gasteiger partial charge in [0.2, 0.25) is 10.0 Å². The molecular formula is C14H30N2O2S. The van der Waals surface area contributed by atoms with Gasteiger partial charge in [-0.3, -0.25) is 0 Å². The molecular weight excluding hydrogens is 260 g/mol. The number of rotatable bonds is 4. The van der Waals surface area contributed by atoms with E-state index in [-0.39, 0.29) is 17.0 Å². The predicted octanol–water partition coefficient (Wildman–Crippen LogP) is 2.26. The molecule has 0 heterocycles. The lowest BCUT2D eigenvalue weighted by molar-refractivity contribution is 0.142. The van der Waals surface area contributed by atoms with Crippen LogP contribution in [0.15, 0.2) is 0 Å². The Kier molecular flexibility index (Phi) is 5.08. The Morgan fingerprint density at radius 1 is 0.895 bits per heavy atom. The minimum atomic E-state index is -3.07. The van der Waals surface area contributed by atoms with Gasteiger partial charge >= 0.3 is 0 Å². The summed E-state index contributed by atoms with van der Waals surface area (Å²) in [6, 6.07) is 0.609. The minimum Gasteiger partial charge on any atom is -0.309 e. The summed E-state index contributed by atoms with van der Waals surface area (Å²) in [5.41, 5.74) is 0.281. The molecule has 0 radical (unpaired) electrons. The molecule has 0 saturated heterocycles. The van der Waals surface area contributed by atoms with Crippen molar-refractivity contribution in [3.05, 3.63) is 0 Å². The molecule has 1 aliphatic carbocycles. The van der Waals surface area contributed by atoms with Crippen molar-refractivity contribution in [3.8, 4) is 0 Å². The Balaban J connectivity index is 2.47. The van der Waals surface area contributed by atoms with E-state index in [1.54, 1.807) is 0 Å². The van der Waals surface area contributed by atoms with Gasteiger partial charge in [-0.05, 0) is 44.9 Å². The fourth-order valence-electron chi connectivity index (χ4n) is 2.39. The molecule has 0 unspecified atom stereocenters. The van der Waals surface area contributed by atoms with Crippen LogP contribution in [-0.4, -0.2) is 32.3 Å². The van der Waals surface area contributed by atoms with Crippen LogP contribution in [0.1, 0.15) is 60.3 Å². The fourth-order valence-corrected chi connectivity index (χ4v) is 3.23. The summed E-state index contributed by atoms with van der Waals surface area (Å²) in [5.74, 6) is 0. The third-order valence-electron chi connectivity index (χ3n) is 4.55. The first-order chi connectivity index (χ1) is 8.41. The average Bonchev–Trinajstić information content (AvgIpc) is 2.16. The van der Waals surface area contributed by atoms with Crippen molar-refractivity contribution in [2.75, 3.05) is 6.26 Å². The maximum Gasteiger partial charge on any atom is 0.208 e. The molecule has 1 saturated carbocycles. The minimum absolute atomic E-state index is 0.0781. The van der Waals surface area contributed by atoms with Crippen molar-refractivity contribution < 1.29 is 8.42 Å². The van der Waals surface area contributed by atoms with Gasteiger partial charge in [-0.25, -0.2) is 13.1 Å². The van der Waals surface area contributed by atoms with Crippen molar-refractivity contribution in [2.24, 2.45) is 5.41 Å². The summed E-state index contributed by atoms with van der Waals surface area (Å²) < 4.78 is 25.1. The third-order valence-corrected chi connectivity index (χ3v) is 5.31. The Morgan fingerprint density at radius 3 is 1.68 bits per heavy atom. The van der Waals surface area contributed by atoms with Crippen LogP contribution in [0.4, 0.5) is 0 Å². The van der Waals surface area contributed by atoms with E-state index < -0.39 is 10.0 Å². The molecule has 0 atom stereocenters. The smallest absolute Gasteiger partial charge is 0.208 e. The van der Waals surface area contributed by atoms with Crippen LogP contribution >= 0.6 is 0 Å².